The first-order chi connectivity index (χ1) is 25.9. The molecule has 0 N–H and O–H groups in total. The molecule has 262 valence electrons. The summed E-state index contributed by atoms with van der Waals surface area (Å²) in [7, 11) is 0. The first-order valence-corrected chi connectivity index (χ1v) is 17.8. The zero-order chi connectivity index (χ0) is 37.6. The average molecular weight is 690 g/mol. The van der Waals surface area contributed by atoms with Crippen molar-refractivity contribution in [3.8, 4) is 22.6 Å². The molecule has 0 spiro atoms. The Hall–Kier alpha value is -6.45. The van der Waals surface area contributed by atoms with Crippen LogP contribution >= 0.6 is 0 Å². The highest BCUT2D eigenvalue weighted by Gasteiger charge is 2.40. The molecule has 1 atom stereocenters. The van der Waals surface area contributed by atoms with Gasteiger partial charge in [0.05, 0.1) is 11.1 Å². The van der Waals surface area contributed by atoms with Gasteiger partial charge in [-0.1, -0.05) is 172 Å². The molecule has 0 amide bonds. The van der Waals surface area contributed by atoms with Crippen molar-refractivity contribution in [3.05, 3.63) is 241 Å². The summed E-state index contributed by atoms with van der Waals surface area (Å²) in [5.74, 6) is 0.646. The third kappa shape index (κ3) is 8.38. The van der Waals surface area contributed by atoms with Crippen LogP contribution in [0.25, 0.3) is 28.2 Å². The quantitative estimate of drug-likeness (QED) is 0.103. The van der Waals surface area contributed by atoms with Gasteiger partial charge in [-0.3, -0.25) is 4.98 Å². The SMILES string of the molecule is C=C/C=C(\C=C)Cc1cc(-c2ccc(C(/C=C\C)=C/C=C)cc2)nc(-c2cccc(C(C(=C)/C=C\C=C/C)(c3ccccc3)c3cccnc3)c2C)n1. The molecule has 3 heteroatoms. The van der Waals surface area contributed by atoms with E-state index < -0.39 is 5.41 Å². The highest BCUT2D eigenvalue weighted by Crippen LogP contribution is 2.47. The largest absolute Gasteiger partial charge is 0.264 e. The fourth-order valence-corrected chi connectivity index (χ4v) is 6.79. The number of allylic oxidation sites excluding steroid dienone is 14. The lowest BCUT2D eigenvalue weighted by Gasteiger charge is -2.38. The Kier molecular flexibility index (Phi) is 13.0. The molecule has 2 heterocycles. The summed E-state index contributed by atoms with van der Waals surface area (Å²) in [6.07, 6.45) is 26.1. The fraction of sp³-hybridized carbons (Fsp3) is 0.100. The minimum absolute atomic E-state index is 0.582. The van der Waals surface area contributed by atoms with E-state index in [1.807, 2.05) is 87.0 Å². The van der Waals surface area contributed by atoms with Gasteiger partial charge in [-0.15, -0.1) is 0 Å². The van der Waals surface area contributed by atoms with Gasteiger partial charge >= 0.3 is 0 Å². The monoisotopic (exact) mass is 689 g/mol. The third-order valence-electron chi connectivity index (χ3n) is 9.28. The van der Waals surface area contributed by atoms with Gasteiger partial charge in [0.2, 0.25) is 0 Å². The highest BCUT2D eigenvalue weighted by atomic mass is 14.9. The Morgan fingerprint density at radius 3 is 2.17 bits per heavy atom. The maximum absolute atomic E-state index is 5.26. The van der Waals surface area contributed by atoms with Crippen molar-refractivity contribution in [3.63, 3.8) is 0 Å². The van der Waals surface area contributed by atoms with E-state index in [2.05, 4.69) is 123 Å². The number of hydrogen-bond acceptors (Lipinski definition) is 3. The molecule has 0 fully saturated rings. The molecule has 0 bridgehead atoms. The highest BCUT2D eigenvalue weighted by molar-refractivity contribution is 5.77. The third-order valence-corrected chi connectivity index (χ3v) is 9.28. The lowest BCUT2D eigenvalue weighted by molar-refractivity contribution is 0.735. The molecule has 53 heavy (non-hydrogen) atoms. The number of benzene rings is 3. The summed E-state index contributed by atoms with van der Waals surface area (Å²) in [4.78, 5) is 15.1. The average Bonchev–Trinajstić information content (AvgIpc) is 3.19. The van der Waals surface area contributed by atoms with Crippen LogP contribution in [0.15, 0.2) is 208 Å². The van der Waals surface area contributed by atoms with E-state index >= 15 is 0 Å². The number of rotatable bonds is 15. The lowest BCUT2D eigenvalue weighted by Crippen LogP contribution is -2.32. The van der Waals surface area contributed by atoms with Gasteiger partial charge in [-0.2, -0.15) is 0 Å². The van der Waals surface area contributed by atoms with Crippen LogP contribution in [0.1, 0.15) is 47.4 Å². The minimum atomic E-state index is -0.754. The second-order valence-electron chi connectivity index (χ2n) is 12.6. The van der Waals surface area contributed by atoms with Crippen LogP contribution in [-0.2, 0) is 11.8 Å². The second-order valence-corrected chi connectivity index (χ2v) is 12.6. The molecule has 0 aliphatic heterocycles. The molecule has 3 nitrogen and oxygen atoms in total. The van der Waals surface area contributed by atoms with Crippen LogP contribution in [0.2, 0.25) is 0 Å². The van der Waals surface area contributed by atoms with Gasteiger partial charge in [0, 0.05) is 35.6 Å². The normalized spacial score (nSPS) is 13.3. The molecule has 0 radical (unpaired) electrons. The van der Waals surface area contributed by atoms with Crippen molar-refractivity contribution in [2.24, 2.45) is 0 Å². The summed E-state index contributed by atoms with van der Waals surface area (Å²) >= 11 is 0. The molecule has 2 aromatic heterocycles. The molecule has 0 saturated heterocycles. The van der Waals surface area contributed by atoms with Crippen LogP contribution in [0.4, 0.5) is 0 Å². The zero-order valence-electron chi connectivity index (χ0n) is 31.0. The van der Waals surface area contributed by atoms with E-state index in [0.717, 1.165) is 67.1 Å². The fourth-order valence-electron chi connectivity index (χ4n) is 6.79. The van der Waals surface area contributed by atoms with Crippen LogP contribution in [-0.4, -0.2) is 15.0 Å². The molecular weight excluding hydrogens is 643 g/mol. The Morgan fingerprint density at radius 1 is 0.755 bits per heavy atom. The predicted molar refractivity (Wildman–Crippen MR) is 226 cm³/mol. The van der Waals surface area contributed by atoms with Crippen molar-refractivity contribution in [2.75, 3.05) is 0 Å². The van der Waals surface area contributed by atoms with Crippen molar-refractivity contribution < 1.29 is 0 Å². The molecule has 5 rings (SSSR count). The summed E-state index contributed by atoms with van der Waals surface area (Å²) in [6.45, 7) is 22.8. The van der Waals surface area contributed by atoms with Crippen LogP contribution in [0, 0.1) is 6.92 Å². The van der Waals surface area contributed by atoms with E-state index in [4.69, 9.17) is 16.5 Å². The molecule has 3 aromatic carbocycles. The maximum Gasteiger partial charge on any atom is 0.160 e. The lowest BCUT2D eigenvalue weighted by atomic mass is 9.64. The first kappa shape index (κ1) is 37.8. The van der Waals surface area contributed by atoms with Gasteiger partial charge in [0.15, 0.2) is 5.82 Å². The van der Waals surface area contributed by atoms with E-state index in [0.29, 0.717) is 12.2 Å². The summed E-state index contributed by atoms with van der Waals surface area (Å²) in [6, 6.07) is 31.6. The van der Waals surface area contributed by atoms with Crippen molar-refractivity contribution in [2.45, 2.75) is 32.6 Å². The molecule has 0 aliphatic carbocycles. The van der Waals surface area contributed by atoms with Gasteiger partial charge in [-0.25, -0.2) is 9.97 Å². The van der Waals surface area contributed by atoms with E-state index in [1.54, 1.807) is 6.08 Å². The summed E-state index contributed by atoms with van der Waals surface area (Å²) in [5.41, 5.74) is 11.3. The van der Waals surface area contributed by atoms with Crippen LogP contribution in [0.5, 0.6) is 0 Å². The Morgan fingerprint density at radius 2 is 1.51 bits per heavy atom. The predicted octanol–water partition coefficient (Wildman–Crippen LogP) is 12.5. The van der Waals surface area contributed by atoms with E-state index in [9.17, 15) is 0 Å². The topological polar surface area (TPSA) is 38.7 Å². The van der Waals surface area contributed by atoms with Crippen LogP contribution < -0.4 is 0 Å². The number of aromatic nitrogens is 3. The van der Waals surface area contributed by atoms with Gasteiger partial charge < -0.3 is 0 Å². The molecule has 0 saturated carbocycles. The summed E-state index contributed by atoms with van der Waals surface area (Å²) < 4.78 is 0. The van der Waals surface area contributed by atoms with E-state index in [-0.39, 0.29) is 0 Å². The smallest absolute Gasteiger partial charge is 0.160 e. The molecule has 1 unspecified atom stereocenters. The summed E-state index contributed by atoms with van der Waals surface area (Å²) in [5, 5.41) is 0. The van der Waals surface area contributed by atoms with Gasteiger partial charge in [-0.05, 0) is 77.4 Å². The van der Waals surface area contributed by atoms with E-state index in [1.165, 1.54) is 0 Å². The molecule has 5 aromatic rings. The second kappa shape index (κ2) is 18.2. The maximum atomic E-state index is 5.26. The Labute approximate surface area is 316 Å². The number of hydrogen-bond donors (Lipinski definition) is 0. The standard InChI is InChI=1S/C50H47N3/c1-8-13-15-23-37(6)50(43-24-16-14-17-25-43,44-26-19-33-51-36-44)47-28-18-27-46(38(47)7)49-52-45(34-39(12-5)20-9-2)35-48(53-49)42-31-29-41(30-32-42)40(21-10-3)22-11-4/h8-33,35-36H,2-3,5-6,34H2,1,4,7H3/b13-8-,22-11-,23-15-,39-20+,40-21+. The zero-order valence-corrected chi connectivity index (χ0v) is 31.0. The number of pyridine rings is 1. The first-order valence-electron chi connectivity index (χ1n) is 17.8. The Balaban J connectivity index is 1.77. The van der Waals surface area contributed by atoms with Crippen molar-refractivity contribution in [1.29, 1.82) is 0 Å². The van der Waals surface area contributed by atoms with Crippen LogP contribution in [0.3, 0.4) is 0 Å². The number of nitrogens with zero attached hydrogens (tertiary/aromatic N) is 3. The van der Waals surface area contributed by atoms with Gasteiger partial charge in [0.25, 0.3) is 0 Å². The molecular formula is C50H47N3. The van der Waals surface area contributed by atoms with Crippen molar-refractivity contribution in [1.82, 2.24) is 15.0 Å². The minimum Gasteiger partial charge on any atom is -0.264 e. The van der Waals surface area contributed by atoms with Crippen molar-refractivity contribution >= 4 is 5.57 Å². The van der Waals surface area contributed by atoms with Gasteiger partial charge in [0.1, 0.15) is 0 Å². The Bertz CT molecular complexity index is 2190. The molecule has 0 aliphatic rings.